The summed E-state index contributed by atoms with van der Waals surface area (Å²) in [7, 11) is -3.63. The molecule has 7 heteroatoms. The summed E-state index contributed by atoms with van der Waals surface area (Å²) in [6, 6.07) is 6.72. The van der Waals surface area contributed by atoms with Gasteiger partial charge in [0.05, 0.1) is 11.4 Å². The van der Waals surface area contributed by atoms with Gasteiger partial charge in [-0.15, -0.1) is 0 Å². The summed E-state index contributed by atoms with van der Waals surface area (Å²) in [5.74, 6) is 0. The van der Waals surface area contributed by atoms with E-state index in [1.54, 1.807) is 39.0 Å². The van der Waals surface area contributed by atoms with Crippen LogP contribution in [0.1, 0.15) is 29.9 Å². The molecule has 0 aliphatic heterocycles. The Balaban J connectivity index is 2.29. The van der Waals surface area contributed by atoms with E-state index in [2.05, 4.69) is 14.9 Å². The van der Waals surface area contributed by atoms with Gasteiger partial charge in [-0.2, -0.15) is 5.10 Å². The lowest BCUT2D eigenvalue weighted by Gasteiger charge is -2.15. The number of sulfonamides is 1. The van der Waals surface area contributed by atoms with Crippen molar-refractivity contribution >= 4 is 21.6 Å². The molecule has 2 N–H and O–H groups in total. The average Bonchev–Trinajstić information content (AvgIpc) is 2.69. The van der Waals surface area contributed by atoms with Gasteiger partial charge in [-0.25, -0.2) is 13.1 Å². The molecule has 1 aromatic heterocycles. The summed E-state index contributed by atoms with van der Waals surface area (Å²) in [5, 5.41) is 7.16. The predicted octanol–water partition coefficient (Wildman–Crippen LogP) is 2.72. The van der Waals surface area contributed by atoms with Gasteiger partial charge >= 0.3 is 0 Å². The Morgan fingerprint density at radius 2 is 2.05 bits per heavy atom. The van der Waals surface area contributed by atoms with Gasteiger partial charge in [-0.1, -0.05) is 23.7 Å². The third-order valence-electron chi connectivity index (χ3n) is 3.01. The van der Waals surface area contributed by atoms with E-state index >= 15 is 0 Å². The molecule has 2 rings (SSSR count). The van der Waals surface area contributed by atoms with Gasteiger partial charge < -0.3 is 0 Å². The number of halogens is 1. The highest BCUT2D eigenvalue weighted by Gasteiger charge is 2.24. The van der Waals surface area contributed by atoms with Crippen LogP contribution in [0, 0.1) is 13.8 Å². The largest absolute Gasteiger partial charge is 0.281 e. The normalized spacial score (nSPS) is 13.4. The zero-order valence-electron chi connectivity index (χ0n) is 11.4. The van der Waals surface area contributed by atoms with Crippen LogP contribution in [0.2, 0.25) is 5.02 Å². The van der Waals surface area contributed by atoms with Gasteiger partial charge in [-0.3, -0.25) is 5.10 Å². The Labute approximate surface area is 123 Å². The second kappa shape index (κ2) is 5.55. The molecular weight excluding hydrogens is 298 g/mol. The number of aryl methyl sites for hydroxylation is 2. The molecule has 0 radical (unpaired) electrons. The highest BCUT2D eigenvalue weighted by Crippen LogP contribution is 2.22. The number of nitrogens with zero attached hydrogens (tertiary/aromatic N) is 1. The van der Waals surface area contributed by atoms with Crippen LogP contribution < -0.4 is 4.72 Å². The van der Waals surface area contributed by atoms with Crippen LogP contribution >= 0.6 is 11.6 Å². The molecule has 0 aliphatic rings. The molecule has 0 amide bonds. The molecule has 5 nitrogen and oxygen atoms in total. The molecule has 108 valence electrons. The first-order valence-electron chi connectivity index (χ1n) is 6.10. The van der Waals surface area contributed by atoms with Crippen molar-refractivity contribution in [3.63, 3.8) is 0 Å². The van der Waals surface area contributed by atoms with E-state index in [1.165, 1.54) is 0 Å². The predicted molar refractivity (Wildman–Crippen MR) is 78.3 cm³/mol. The van der Waals surface area contributed by atoms with E-state index in [-0.39, 0.29) is 10.9 Å². The first-order valence-corrected chi connectivity index (χ1v) is 7.96. The lowest BCUT2D eigenvalue weighted by atomic mass is 10.1. The van der Waals surface area contributed by atoms with Crippen molar-refractivity contribution in [3.8, 4) is 0 Å². The minimum atomic E-state index is -3.63. The molecule has 0 bridgehead atoms. The number of hydrogen-bond acceptors (Lipinski definition) is 3. The maximum Gasteiger partial charge on any atom is 0.244 e. The van der Waals surface area contributed by atoms with E-state index < -0.39 is 10.0 Å². The first-order chi connectivity index (χ1) is 9.31. The quantitative estimate of drug-likeness (QED) is 0.911. The van der Waals surface area contributed by atoms with Crippen LogP contribution in [0.25, 0.3) is 0 Å². The van der Waals surface area contributed by atoms with E-state index in [4.69, 9.17) is 11.6 Å². The van der Waals surface area contributed by atoms with Crippen molar-refractivity contribution in [2.24, 2.45) is 0 Å². The van der Waals surface area contributed by atoms with Crippen LogP contribution in [0.15, 0.2) is 29.2 Å². The zero-order chi connectivity index (χ0) is 14.9. The third kappa shape index (κ3) is 3.03. The second-order valence-corrected chi connectivity index (χ2v) is 6.75. The fourth-order valence-electron chi connectivity index (χ4n) is 2.07. The Bertz CT molecular complexity index is 705. The molecule has 1 heterocycles. The third-order valence-corrected chi connectivity index (χ3v) is 5.05. The Morgan fingerprint density at radius 1 is 1.35 bits per heavy atom. The van der Waals surface area contributed by atoms with E-state index in [1.807, 2.05) is 6.07 Å². The number of benzene rings is 1. The maximum atomic E-state index is 12.4. The van der Waals surface area contributed by atoms with Gasteiger partial charge in [0.2, 0.25) is 10.0 Å². The molecule has 0 spiro atoms. The fourth-order valence-corrected chi connectivity index (χ4v) is 3.87. The number of hydrogen-bond donors (Lipinski definition) is 2. The van der Waals surface area contributed by atoms with Crippen LogP contribution in [0.4, 0.5) is 0 Å². The Kier molecular flexibility index (Phi) is 4.17. The summed E-state index contributed by atoms with van der Waals surface area (Å²) < 4.78 is 27.4. The number of aromatic nitrogens is 2. The van der Waals surface area contributed by atoms with E-state index in [9.17, 15) is 8.42 Å². The van der Waals surface area contributed by atoms with Crippen molar-refractivity contribution < 1.29 is 8.42 Å². The smallest absolute Gasteiger partial charge is 0.244 e. The van der Waals surface area contributed by atoms with Crippen LogP contribution in [0.3, 0.4) is 0 Å². The highest BCUT2D eigenvalue weighted by molar-refractivity contribution is 7.89. The minimum Gasteiger partial charge on any atom is -0.281 e. The summed E-state index contributed by atoms with van der Waals surface area (Å²) in [6.45, 7) is 5.11. The molecule has 0 aliphatic carbocycles. The van der Waals surface area contributed by atoms with Crippen LogP contribution in [-0.4, -0.2) is 18.6 Å². The second-order valence-electron chi connectivity index (χ2n) is 4.66. The van der Waals surface area contributed by atoms with Gasteiger partial charge in [0, 0.05) is 11.1 Å². The summed E-state index contributed by atoms with van der Waals surface area (Å²) in [4.78, 5) is 0.200. The summed E-state index contributed by atoms with van der Waals surface area (Å²) in [5.41, 5.74) is 1.78. The van der Waals surface area contributed by atoms with Crippen molar-refractivity contribution in [3.05, 3.63) is 46.2 Å². The number of H-pyrrole nitrogens is 1. The van der Waals surface area contributed by atoms with Crippen molar-refractivity contribution in [2.75, 3.05) is 0 Å². The van der Waals surface area contributed by atoms with Crippen LogP contribution in [0.5, 0.6) is 0 Å². The number of rotatable bonds is 4. The van der Waals surface area contributed by atoms with Crippen molar-refractivity contribution in [1.29, 1.82) is 0 Å². The lowest BCUT2D eigenvalue weighted by Crippen LogP contribution is -2.27. The molecule has 1 aromatic carbocycles. The van der Waals surface area contributed by atoms with Gasteiger partial charge in [0.15, 0.2) is 0 Å². The maximum absolute atomic E-state index is 12.4. The molecule has 20 heavy (non-hydrogen) atoms. The molecule has 0 saturated heterocycles. The Hall–Kier alpha value is -1.37. The fraction of sp³-hybridized carbons (Fsp3) is 0.308. The van der Waals surface area contributed by atoms with Gasteiger partial charge in [-0.05, 0) is 38.5 Å². The van der Waals surface area contributed by atoms with E-state index in [0.29, 0.717) is 16.4 Å². The summed E-state index contributed by atoms with van der Waals surface area (Å²) in [6.07, 6.45) is 0. The van der Waals surface area contributed by atoms with Gasteiger partial charge in [0.1, 0.15) is 4.90 Å². The van der Waals surface area contributed by atoms with Crippen molar-refractivity contribution in [1.82, 2.24) is 14.9 Å². The molecular formula is C13H16ClN3O2S. The monoisotopic (exact) mass is 313 g/mol. The first kappa shape index (κ1) is 15.0. The molecule has 0 saturated carbocycles. The zero-order valence-corrected chi connectivity index (χ0v) is 13.0. The molecule has 1 atom stereocenters. The number of aromatic amines is 1. The topological polar surface area (TPSA) is 74.8 Å². The standard InChI is InChI=1S/C13H16ClN3O2S/c1-8(11-5-4-6-12(14)7-11)17-20(18,19)13-9(2)15-16-10(13)3/h4-8,17H,1-3H3,(H,15,16). The average molecular weight is 314 g/mol. The molecule has 0 fully saturated rings. The highest BCUT2D eigenvalue weighted by atomic mass is 35.5. The molecule has 1 unspecified atom stereocenters. The summed E-state index contributed by atoms with van der Waals surface area (Å²) >= 11 is 5.92. The lowest BCUT2D eigenvalue weighted by molar-refractivity contribution is 0.566. The molecule has 2 aromatic rings. The minimum absolute atomic E-state index is 0.200. The SMILES string of the molecule is Cc1n[nH]c(C)c1S(=O)(=O)NC(C)c1cccc(Cl)c1. The van der Waals surface area contributed by atoms with Crippen molar-refractivity contribution in [2.45, 2.75) is 31.7 Å². The number of nitrogens with one attached hydrogen (secondary N) is 2. The Morgan fingerprint density at radius 3 is 2.60 bits per heavy atom. The van der Waals surface area contributed by atoms with Crippen LogP contribution in [-0.2, 0) is 10.0 Å². The van der Waals surface area contributed by atoms with Gasteiger partial charge in [0.25, 0.3) is 0 Å². The van der Waals surface area contributed by atoms with E-state index in [0.717, 1.165) is 5.56 Å².